The minimum absolute atomic E-state index is 0.0215. The van der Waals surface area contributed by atoms with Crippen molar-refractivity contribution in [1.29, 1.82) is 0 Å². The third-order valence-electron chi connectivity index (χ3n) is 3.61. The molecule has 0 spiro atoms. The van der Waals surface area contributed by atoms with Crippen LogP contribution in [0.2, 0.25) is 0 Å². The number of hydrogen-bond acceptors (Lipinski definition) is 2. The number of alkyl halides is 3. The zero-order valence-electron chi connectivity index (χ0n) is 12.2. The largest absolute Gasteiger partial charge is 0.416 e. The molecule has 0 radical (unpaired) electrons. The van der Waals surface area contributed by atoms with Gasteiger partial charge < -0.3 is 5.32 Å². The van der Waals surface area contributed by atoms with Gasteiger partial charge in [-0.1, -0.05) is 18.2 Å². The Labute approximate surface area is 121 Å². The fraction of sp³-hybridized carbons (Fsp3) is 0.400. The maximum absolute atomic E-state index is 12.7. The number of aromatic nitrogens is 2. The summed E-state index contributed by atoms with van der Waals surface area (Å²) in [4.78, 5) is 0. The lowest BCUT2D eigenvalue weighted by Crippen LogP contribution is -2.19. The molecule has 0 saturated heterocycles. The van der Waals surface area contributed by atoms with E-state index in [1.165, 1.54) is 12.1 Å². The Morgan fingerprint density at radius 1 is 1.33 bits per heavy atom. The van der Waals surface area contributed by atoms with Crippen molar-refractivity contribution in [3.05, 3.63) is 52.8 Å². The van der Waals surface area contributed by atoms with Crippen LogP contribution in [0.4, 0.5) is 13.2 Å². The molecule has 1 aromatic heterocycles. The summed E-state index contributed by atoms with van der Waals surface area (Å²) >= 11 is 0. The molecule has 21 heavy (non-hydrogen) atoms. The Balaban J connectivity index is 2.05. The van der Waals surface area contributed by atoms with Crippen LogP contribution >= 0.6 is 0 Å². The average Bonchev–Trinajstić information content (AvgIpc) is 2.76. The molecule has 0 fully saturated rings. The van der Waals surface area contributed by atoms with Gasteiger partial charge in [-0.15, -0.1) is 0 Å². The monoisotopic (exact) mass is 297 g/mol. The molecule has 0 amide bonds. The highest BCUT2D eigenvalue weighted by molar-refractivity contribution is 5.26. The van der Waals surface area contributed by atoms with Gasteiger partial charge >= 0.3 is 6.18 Å². The first kappa shape index (κ1) is 15.6. The molecule has 2 aromatic rings. The van der Waals surface area contributed by atoms with Gasteiger partial charge in [0.1, 0.15) is 0 Å². The molecule has 0 aliphatic rings. The van der Waals surface area contributed by atoms with Crippen molar-refractivity contribution in [3.63, 3.8) is 0 Å². The lowest BCUT2D eigenvalue weighted by Gasteiger charge is -2.14. The van der Waals surface area contributed by atoms with Gasteiger partial charge in [0.2, 0.25) is 0 Å². The van der Waals surface area contributed by atoms with Gasteiger partial charge in [-0.25, -0.2) is 0 Å². The van der Waals surface area contributed by atoms with Crippen LogP contribution in [-0.4, -0.2) is 9.78 Å². The van der Waals surface area contributed by atoms with E-state index in [0.717, 1.165) is 17.3 Å². The van der Waals surface area contributed by atoms with E-state index >= 15 is 0 Å². The molecule has 1 atom stereocenters. The molecule has 0 saturated carbocycles. The van der Waals surface area contributed by atoms with Crippen molar-refractivity contribution in [3.8, 4) is 0 Å². The van der Waals surface area contributed by atoms with Crippen molar-refractivity contribution in [2.45, 2.75) is 32.6 Å². The van der Waals surface area contributed by atoms with Crippen LogP contribution in [-0.2, 0) is 19.8 Å². The van der Waals surface area contributed by atoms with Gasteiger partial charge in [-0.2, -0.15) is 18.3 Å². The molecule has 1 N–H and O–H groups in total. The van der Waals surface area contributed by atoms with Gasteiger partial charge in [-0.3, -0.25) is 4.68 Å². The summed E-state index contributed by atoms with van der Waals surface area (Å²) in [5, 5.41) is 7.39. The highest BCUT2D eigenvalue weighted by Crippen LogP contribution is 2.29. The Morgan fingerprint density at radius 2 is 2.05 bits per heavy atom. The van der Waals surface area contributed by atoms with Gasteiger partial charge in [0.15, 0.2) is 0 Å². The Bertz CT molecular complexity index is 617. The number of halogens is 3. The fourth-order valence-electron chi connectivity index (χ4n) is 2.18. The Kier molecular flexibility index (Phi) is 4.37. The molecule has 0 aliphatic heterocycles. The second-order valence-electron chi connectivity index (χ2n) is 5.11. The van der Waals surface area contributed by atoms with Crippen LogP contribution in [0, 0.1) is 6.92 Å². The molecular formula is C15H18F3N3. The third-order valence-corrected chi connectivity index (χ3v) is 3.61. The van der Waals surface area contributed by atoms with Crippen LogP contribution in [0.15, 0.2) is 30.5 Å². The number of nitrogens with zero attached hydrogens (tertiary/aromatic N) is 2. The first-order chi connectivity index (χ1) is 9.79. The van der Waals surface area contributed by atoms with Gasteiger partial charge in [0, 0.05) is 30.9 Å². The van der Waals surface area contributed by atoms with Gasteiger partial charge in [-0.05, 0) is 25.5 Å². The topological polar surface area (TPSA) is 29.9 Å². The average molecular weight is 297 g/mol. The predicted molar refractivity (Wildman–Crippen MR) is 74.6 cm³/mol. The van der Waals surface area contributed by atoms with E-state index in [9.17, 15) is 13.2 Å². The van der Waals surface area contributed by atoms with Crippen molar-refractivity contribution < 1.29 is 13.2 Å². The summed E-state index contributed by atoms with van der Waals surface area (Å²) in [5.41, 5.74) is 2.08. The Morgan fingerprint density at radius 3 is 2.62 bits per heavy atom. The standard InChI is InChI=1S/C15H18F3N3/c1-10(14-9-20-21(3)11(14)2)19-8-12-5-4-6-13(7-12)15(16,17)18/h4-7,9-10,19H,8H2,1-3H3. The molecular weight excluding hydrogens is 279 g/mol. The quantitative estimate of drug-likeness (QED) is 0.934. The summed E-state index contributed by atoms with van der Waals surface area (Å²) in [5.74, 6) is 0. The van der Waals surface area contributed by atoms with Crippen LogP contribution in [0.3, 0.4) is 0 Å². The molecule has 0 aliphatic carbocycles. The van der Waals surface area contributed by atoms with Gasteiger partial charge in [0.25, 0.3) is 0 Å². The molecule has 2 rings (SSSR count). The van der Waals surface area contributed by atoms with Gasteiger partial charge in [0.05, 0.1) is 11.8 Å². The van der Waals surface area contributed by atoms with Crippen LogP contribution in [0.25, 0.3) is 0 Å². The third kappa shape index (κ3) is 3.64. The number of rotatable bonds is 4. The van der Waals surface area contributed by atoms with E-state index in [1.807, 2.05) is 20.9 Å². The van der Waals surface area contributed by atoms with E-state index in [1.54, 1.807) is 16.9 Å². The maximum atomic E-state index is 12.7. The second-order valence-corrected chi connectivity index (χ2v) is 5.11. The molecule has 1 unspecified atom stereocenters. The fourth-order valence-corrected chi connectivity index (χ4v) is 2.18. The summed E-state index contributed by atoms with van der Waals surface area (Å²) in [6.45, 7) is 4.31. The predicted octanol–water partition coefficient (Wildman–Crippen LogP) is 3.60. The number of hydrogen-bond donors (Lipinski definition) is 1. The number of benzene rings is 1. The van der Waals surface area contributed by atoms with Crippen LogP contribution < -0.4 is 5.32 Å². The highest BCUT2D eigenvalue weighted by Gasteiger charge is 2.30. The van der Waals surface area contributed by atoms with Crippen molar-refractivity contribution in [2.75, 3.05) is 0 Å². The zero-order chi connectivity index (χ0) is 15.6. The smallest absolute Gasteiger partial charge is 0.306 e. The minimum Gasteiger partial charge on any atom is -0.306 e. The summed E-state index contributed by atoms with van der Waals surface area (Å²) in [6, 6.07) is 5.40. The summed E-state index contributed by atoms with van der Waals surface area (Å²) in [6.07, 6.45) is -2.53. The SMILES string of the molecule is Cc1c(C(C)NCc2cccc(C(F)(F)F)c2)cnn1C. The molecule has 114 valence electrons. The first-order valence-electron chi connectivity index (χ1n) is 6.67. The van der Waals surface area contributed by atoms with E-state index in [4.69, 9.17) is 0 Å². The summed E-state index contributed by atoms with van der Waals surface area (Å²) < 4.78 is 39.7. The normalized spacial score (nSPS) is 13.4. The first-order valence-corrected chi connectivity index (χ1v) is 6.67. The van der Waals surface area contributed by atoms with Crippen molar-refractivity contribution in [1.82, 2.24) is 15.1 Å². The van der Waals surface area contributed by atoms with Crippen molar-refractivity contribution >= 4 is 0 Å². The van der Waals surface area contributed by atoms with E-state index in [2.05, 4.69) is 10.4 Å². The lowest BCUT2D eigenvalue weighted by molar-refractivity contribution is -0.137. The van der Waals surface area contributed by atoms with Crippen LogP contribution in [0.5, 0.6) is 0 Å². The molecule has 1 heterocycles. The van der Waals surface area contributed by atoms with Crippen molar-refractivity contribution in [2.24, 2.45) is 7.05 Å². The molecule has 0 bridgehead atoms. The highest BCUT2D eigenvalue weighted by atomic mass is 19.4. The Hall–Kier alpha value is -1.82. The summed E-state index contributed by atoms with van der Waals surface area (Å²) in [7, 11) is 1.86. The number of aryl methyl sites for hydroxylation is 1. The van der Waals surface area contributed by atoms with E-state index in [-0.39, 0.29) is 6.04 Å². The molecule has 3 nitrogen and oxygen atoms in total. The van der Waals surface area contributed by atoms with Crippen LogP contribution in [0.1, 0.15) is 35.3 Å². The maximum Gasteiger partial charge on any atom is 0.416 e. The lowest BCUT2D eigenvalue weighted by atomic mass is 10.1. The minimum atomic E-state index is -4.30. The number of nitrogens with one attached hydrogen (secondary N) is 1. The van der Waals surface area contributed by atoms with E-state index in [0.29, 0.717) is 12.1 Å². The molecule has 6 heteroatoms. The zero-order valence-corrected chi connectivity index (χ0v) is 12.2. The molecule has 1 aromatic carbocycles. The second kappa shape index (κ2) is 5.89. The van der Waals surface area contributed by atoms with E-state index < -0.39 is 11.7 Å².